The maximum absolute atomic E-state index is 13.0. The largest absolute Gasteiger partial charge is 0.478 e. The second-order valence-corrected chi connectivity index (χ2v) is 7.54. The van der Waals surface area contributed by atoms with Gasteiger partial charge in [0.25, 0.3) is 5.91 Å². The second-order valence-electron chi connectivity index (χ2n) is 7.54. The average Bonchev–Trinajstić information content (AvgIpc) is 3.17. The van der Waals surface area contributed by atoms with Crippen LogP contribution in [0.4, 0.5) is 11.4 Å². The fraction of sp³-hybridized carbons (Fsp3) is 0.0800. The van der Waals surface area contributed by atoms with Gasteiger partial charge in [-0.2, -0.15) is 5.26 Å². The first-order chi connectivity index (χ1) is 16.4. The number of aromatic nitrogens is 2. The van der Waals surface area contributed by atoms with Crippen LogP contribution in [0.5, 0.6) is 0 Å². The van der Waals surface area contributed by atoms with Crippen molar-refractivity contribution in [3.05, 3.63) is 89.4 Å². The third kappa shape index (κ3) is 4.47. The molecule has 3 N–H and O–H groups in total. The van der Waals surface area contributed by atoms with E-state index in [4.69, 9.17) is 5.26 Å². The van der Waals surface area contributed by atoms with Gasteiger partial charge in [0.05, 0.1) is 40.5 Å². The molecule has 9 heteroatoms. The smallest absolute Gasteiger partial charge is 0.337 e. The van der Waals surface area contributed by atoms with Gasteiger partial charge in [-0.1, -0.05) is 12.1 Å². The van der Waals surface area contributed by atoms with Gasteiger partial charge in [0.1, 0.15) is 5.69 Å². The number of hydrogen-bond donors (Lipinski definition) is 3. The van der Waals surface area contributed by atoms with E-state index in [1.165, 1.54) is 18.2 Å². The summed E-state index contributed by atoms with van der Waals surface area (Å²) in [6, 6.07) is 16.4. The molecule has 0 atom stereocenters. The first-order valence-electron chi connectivity index (χ1n) is 10.2. The van der Waals surface area contributed by atoms with E-state index < -0.39 is 11.9 Å². The Morgan fingerprint density at radius 2 is 1.79 bits per heavy atom. The minimum Gasteiger partial charge on any atom is -0.478 e. The lowest BCUT2D eigenvalue weighted by molar-refractivity contribution is -0.115. The van der Waals surface area contributed by atoms with Gasteiger partial charge in [-0.05, 0) is 48.0 Å². The maximum Gasteiger partial charge on any atom is 0.337 e. The summed E-state index contributed by atoms with van der Waals surface area (Å²) in [5.74, 6) is -2.00. The number of carboxylic acids is 1. The molecule has 4 rings (SSSR count). The van der Waals surface area contributed by atoms with Crippen LogP contribution in [0.2, 0.25) is 0 Å². The molecule has 0 bridgehead atoms. The van der Waals surface area contributed by atoms with Crippen molar-refractivity contribution < 1.29 is 19.5 Å². The number of rotatable bonds is 6. The Morgan fingerprint density at radius 3 is 2.50 bits per heavy atom. The van der Waals surface area contributed by atoms with E-state index in [-0.39, 0.29) is 34.8 Å². The molecular formula is C25H19N5O4. The van der Waals surface area contributed by atoms with Crippen LogP contribution in [0.1, 0.15) is 32.0 Å². The first-order valence-corrected chi connectivity index (χ1v) is 10.2. The molecule has 0 radical (unpaired) electrons. The number of hydrogen-bond acceptors (Lipinski definition) is 5. The number of anilines is 2. The average molecular weight is 453 g/mol. The summed E-state index contributed by atoms with van der Waals surface area (Å²) in [7, 11) is 1.69. The van der Waals surface area contributed by atoms with Crippen LogP contribution in [-0.4, -0.2) is 32.4 Å². The number of aryl methyl sites for hydroxylation is 1. The molecule has 0 saturated carbocycles. The summed E-state index contributed by atoms with van der Waals surface area (Å²) in [6.45, 7) is 0. The molecule has 168 valence electrons. The van der Waals surface area contributed by atoms with Gasteiger partial charge in [0.2, 0.25) is 5.91 Å². The number of nitrogens with one attached hydrogen (secondary N) is 2. The Morgan fingerprint density at radius 1 is 1.03 bits per heavy atom. The number of carbonyl (C=O) groups is 3. The van der Waals surface area contributed by atoms with E-state index in [1.807, 2.05) is 12.1 Å². The van der Waals surface area contributed by atoms with Crippen molar-refractivity contribution in [1.29, 1.82) is 5.26 Å². The minimum absolute atomic E-state index is 0.0765. The molecule has 2 heterocycles. The molecule has 0 aliphatic heterocycles. The minimum atomic E-state index is -1.26. The Kier molecular flexibility index (Phi) is 6.05. The molecule has 4 aromatic rings. The van der Waals surface area contributed by atoms with Gasteiger partial charge in [-0.15, -0.1) is 0 Å². The molecule has 34 heavy (non-hydrogen) atoms. The Hall–Kier alpha value is -4.97. The zero-order valence-corrected chi connectivity index (χ0v) is 18.1. The highest BCUT2D eigenvalue weighted by molar-refractivity contribution is 6.11. The molecule has 2 aromatic heterocycles. The normalized spacial score (nSPS) is 10.5. The van der Waals surface area contributed by atoms with Crippen molar-refractivity contribution in [2.75, 3.05) is 10.6 Å². The van der Waals surface area contributed by atoms with Gasteiger partial charge in [-0.3, -0.25) is 14.6 Å². The van der Waals surface area contributed by atoms with Crippen LogP contribution >= 0.6 is 0 Å². The van der Waals surface area contributed by atoms with E-state index in [0.29, 0.717) is 11.2 Å². The molecule has 0 aliphatic rings. The summed E-state index contributed by atoms with van der Waals surface area (Å²) >= 11 is 0. The number of carbonyl (C=O) groups excluding carboxylic acids is 2. The highest BCUT2D eigenvalue weighted by atomic mass is 16.4. The number of pyridine rings is 1. The van der Waals surface area contributed by atoms with Crippen LogP contribution in [0.25, 0.3) is 10.9 Å². The van der Waals surface area contributed by atoms with Crippen molar-refractivity contribution in [3.63, 3.8) is 0 Å². The van der Waals surface area contributed by atoms with E-state index in [2.05, 4.69) is 15.6 Å². The predicted molar refractivity (Wildman–Crippen MR) is 126 cm³/mol. The molecule has 0 fully saturated rings. The fourth-order valence-corrected chi connectivity index (χ4v) is 3.70. The van der Waals surface area contributed by atoms with Crippen LogP contribution in [0.3, 0.4) is 0 Å². The summed E-state index contributed by atoms with van der Waals surface area (Å²) in [5.41, 5.74) is 2.35. The molecule has 2 aromatic carbocycles. The molecule has 0 saturated heterocycles. The number of aromatic carboxylic acids is 1. The van der Waals surface area contributed by atoms with Crippen LogP contribution in [-0.2, 0) is 18.3 Å². The summed E-state index contributed by atoms with van der Waals surface area (Å²) in [4.78, 5) is 41.1. The number of nitrogens with zero attached hydrogens (tertiary/aromatic N) is 3. The predicted octanol–water partition coefficient (Wildman–Crippen LogP) is 3.58. The van der Waals surface area contributed by atoms with Crippen molar-refractivity contribution in [2.45, 2.75) is 6.42 Å². The lowest BCUT2D eigenvalue weighted by atomic mass is 10.1. The van der Waals surface area contributed by atoms with Gasteiger partial charge in [0, 0.05) is 24.8 Å². The molecule has 0 aliphatic carbocycles. The first kappa shape index (κ1) is 22.2. The number of para-hydroxylation sites is 1. The maximum atomic E-state index is 13.0. The van der Waals surface area contributed by atoms with Crippen molar-refractivity contribution in [3.8, 4) is 6.07 Å². The van der Waals surface area contributed by atoms with E-state index in [0.717, 1.165) is 10.9 Å². The molecule has 0 spiro atoms. The van der Waals surface area contributed by atoms with Gasteiger partial charge >= 0.3 is 5.97 Å². The van der Waals surface area contributed by atoms with Crippen molar-refractivity contribution >= 4 is 40.1 Å². The summed E-state index contributed by atoms with van der Waals surface area (Å²) in [6.07, 6.45) is 3.41. The zero-order chi connectivity index (χ0) is 24.2. The van der Waals surface area contributed by atoms with Crippen LogP contribution < -0.4 is 10.6 Å². The monoisotopic (exact) mass is 453 g/mol. The highest BCUT2D eigenvalue weighted by Crippen LogP contribution is 2.28. The van der Waals surface area contributed by atoms with E-state index >= 15 is 0 Å². The highest BCUT2D eigenvalue weighted by Gasteiger charge is 2.19. The van der Waals surface area contributed by atoms with Gasteiger partial charge in [-0.25, -0.2) is 4.79 Å². The number of nitriles is 1. The number of amides is 2. The molecule has 0 unspecified atom stereocenters. The topological polar surface area (TPSA) is 137 Å². The number of fused-ring (bicyclic) bond motifs is 1. The molecule has 2 amide bonds. The van der Waals surface area contributed by atoms with Crippen LogP contribution in [0, 0.1) is 11.3 Å². The SMILES string of the molecule is Cn1c(C(=O)Nc2ccc(C#N)cc2C(=O)O)cc2cccc(NC(=O)Cc3ccncc3)c21. The second kappa shape index (κ2) is 9.26. The molecular weight excluding hydrogens is 434 g/mol. The summed E-state index contributed by atoms with van der Waals surface area (Å²) < 4.78 is 1.64. The summed E-state index contributed by atoms with van der Waals surface area (Å²) in [5, 5.41) is 24.7. The zero-order valence-electron chi connectivity index (χ0n) is 18.1. The Balaban J connectivity index is 1.62. The lowest BCUT2D eigenvalue weighted by Gasteiger charge is -2.11. The quantitative estimate of drug-likeness (QED) is 0.408. The Bertz CT molecular complexity index is 1470. The van der Waals surface area contributed by atoms with Gasteiger partial charge < -0.3 is 20.3 Å². The number of benzene rings is 2. The van der Waals surface area contributed by atoms with Crippen molar-refractivity contribution in [2.24, 2.45) is 7.05 Å². The lowest BCUT2D eigenvalue weighted by Crippen LogP contribution is -2.18. The van der Waals surface area contributed by atoms with Gasteiger partial charge in [0.15, 0.2) is 0 Å². The Labute approximate surface area is 194 Å². The third-order valence-corrected chi connectivity index (χ3v) is 5.30. The standard InChI is InChI=1S/C25H19N5O4/c1-30-21(24(32)29-19-6-5-16(14-26)11-18(19)25(33)34)13-17-3-2-4-20(23(17)30)28-22(31)12-15-7-9-27-10-8-15/h2-11,13H,12H2,1H3,(H,28,31)(H,29,32)(H,33,34). The third-order valence-electron chi connectivity index (χ3n) is 5.30. The van der Waals surface area contributed by atoms with Crippen LogP contribution in [0.15, 0.2) is 67.0 Å². The number of carboxylic acid groups (broad SMARTS) is 1. The molecule has 9 nitrogen and oxygen atoms in total. The van der Waals surface area contributed by atoms with E-state index in [1.54, 1.807) is 54.3 Å². The van der Waals surface area contributed by atoms with Crippen molar-refractivity contribution in [1.82, 2.24) is 9.55 Å². The van der Waals surface area contributed by atoms with E-state index in [9.17, 15) is 19.5 Å². The fourth-order valence-electron chi connectivity index (χ4n) is 3.70.